The van der Waals surface area contributed by atoms with Gasteiger partial charge in [0, 0.05) is 13.6 Å². The summed E-state index contributed by atoms with van der Waals surface area (Å²) < 4.78 is 19.7. The number of imidazole rings is 1. The lowest BCUT2D eigenvalue weighted by atomic mass is 10.1. The van der Waals surface area contributed by atoms with Gasteiger partial charge in [0.25, 0.3) is 0 Å². The molecule has 0 aliphatic carbocycles. The molecule has 0 fully saturated rings. The highest BCUT2D eigenvalue weighted by molar-refractivity contribution is 7.69. The van der Waals surface area contributed by atoms with E-state index >= 15 is 0 Å². The maximum atomic E-state index is 8.81. The Balaban J connectivity index is 0.000000399. The van der Waals surface area contributed by atoms with E-state index in [0.717, 1.165) is 17.1 Å². The molecule has 0 radical (unpaired) electrons. The molecule has 1 heterocycles. The van der Waals surface area contributed by atoms with Gasteiger partial charge in [-0.05, 0) is 18.1 Å². The van der Waals surface area contributed by atoms with Crippen molar-refractivity contribution in [1.82, 2.24) is 9.55 Å². The minimum Gasteiger partial charge on any atom is -0.331 e. The molecule has 2 aromatic rings. The van der Waals surface area contributed by atoms with E-state index in [2.05, 4.69) is 39.0 Å². The summed E-state index contributed by atoms with van der Waals surface area (Å²) in [5, 5.41) is 4.06. The zero-order chi connectivity index (χ0) is 14.4. The third-order valence-electron chi connectivity index (χ3n) is 2.71. The average Bonchev–Trinajstić information content (AvgIpc) is 2.70. The Hall–Kier alpha value is -1.70. The summed E-state index contributed by atoms with van der Waals surface area (Å²) in [4.78, 5) is 4.27. The molecule has 2 rings (SSSR count). The van der Waals surface area contributed by atoms with Crippen molar-refractivity contribution in [2.45, 2.75) is 13.5 Å². The van der Waals surface area contributed by atoms with Crippen molar-refractivity contribution >= 4 is 10.9 Å². The molecule has 0 aliphatic rings. The smallest absolute Gasteiger partial charge is 0.198 e. The standard InChI is InChI=1S/C12H15N3.H3NO2S/c1-9-14-8-12(15(9)2)11-5-3-10(7-13)4-6-11;1-4(2)3/h3-6,8H,7,13H2,1-2H3;4H,(H2,1,2,3). The van der Waals surface area contributed by atoms with Crippen LogP contribution in [0.25, 0.3) is 11.3 Å². The van der Waals surface area contributed by atoms with Crippen LogP contribution in [0.4, 0.5) is 0 Å². The Morgan fingerprint density at radius 2 is 1.79 bits per heavy atom. The highest BCUT2D eigenvalue weighted by Crippen LogP contribution is 2.19. The third kappa shape index (κ3) is 4.47. The number of aromatic nitrogens is 2. The quantitative estimate of drug-likeness (QED) is 0.690. The van der Waals surface area contributed by atoms with E-state index in [1.165, 1.54) is 5.56 Å². The topological polar surface area (TPSA) is 104 Å². The summed E-state index contributed by atoms with van der Waals surface area (Å²) >= 11 is 0. The first-order valence-electron chi connectivity index (χ1n) is 5.62. The molecular formula is C12H18N4O2S. The summed E-state index contributed by atoms with van der Waals surface area (Å²) in [5.41, 5.74) is 9.02. The predicted octanol–water partition coefficient (Wildman–Crippen LogP) is 0.326. The molecule has 0 atom stereocenters. The highest BCUT2D eigenvalue weighted by Gasteiger charge is 2.04. The van der Waals surface area contributed by atoms with Crippen molar-refractivity contribution in [3.05, 3.63) is 41.9 Å². The molecule has 0 spiro atoms. The normalized spacial score (nSPS) is 10.2. The minimum absolute atomic E-state index is 0.588. The van der Waals surface area contributed by atoms with Crippen LogP contribution < -0.4 is 10.9 Å². The molecule has 19 heavy (non-hydrogen) atoms. The van der Waals surface area contributed by atoms with Crippen LogP contribution >= 0.6 is 0 Å². The van der Waals surface area contributed by atoms with E-state index in [-0.39, 0.29) is 0 Å². The van der Waals surface area contributed by atoms with E-state index in [1.54, 1.807) is 0 Å². The molecule has 0 saturated heterocycles. The Morgan fingerprint density at radius 1 is 1.26 bits per heavy atom. The Bertz CT molecular complexity index is 595. The minimum atomic E-state index is -2.62. The lowest BCUT2D eigenvalue weighted by Crippen LogP contribution is -1.97. The van der Waals surface area contributed by atoms with Crippen molar-refractivity contribution in [3.8, 4) is 11.3 Å². The SMILES string of the molecule is Cc1ncc(-c2ccc(CN)cc2)n1C.N[SH](=O)=O. The van der Waals surface area contributed by atoms with Crippen molar-refractivity contribution in [2.75, 3.05) is 0 Å². The summed E-state index contributed by atoms with van der Waals surface area (Å²) in [6, 6.07) is 8.27. The van der Waals surface area contributed by atoms with Crippen LogP contribution in [0.5, 0.6) is 0 Å². The number of aryl methyl sites for hydroxylation is 1. The number of benzene rings is 1. The number of nitrogens with two attached hydrogens (primary N) is 2. The molecular weight excluding hydrogens is 264 g/mol. The Morgan fingerprint density at radius 3 is 2.16 bits per heavy atom. The molecule has 0 unspecified atom stereocenters. The van der Waals surface area contributed by atoms with Crippen molar-refractivity contribution in [2.24, 2.45) is 17.9 Å². The van der Waals surface area contributed by atoms with Gasteiger partial charge in [0.1, 0.15) is 5.82 Å². The zero-order valence-electron chi connectivity index (χ0n) is 10.9. The van der Waals surface area contributed by atoms with Gasteiger partial charge in [0.05, 0.1) is 11.9 Å². The molecule has 0 saturated carbocycles. The van der Waals surface area contributed by atoms with Crippen LogP contribution in [0.3, 0.4) is 0 Å². The van der Waals surface area contributed by atoms with Crippen LogP contribution in [0.15, 0.2) is 30.5 Å². The van der Waals surface area contributed by atoms with Gasteiger partial charge in [0.15, 0.2) is 10.9 Å². The second kappa shape index (κ2) is 7.03. The molecule has 0 aliphatic heterocycles. The van der Waals surface area contributed by atoms with Crippen molar-refractivity contribution in [1.29, 1.82) is 0 Å². The van der Waals surface area contributed by atoms with Crippen LogP contribution in [-0.2, 0) is 24.5 Å². The molecule has 0 bridgehead atoms. The van der Waals surface area contributed by atoms with Gasteiger partial charge >= 0.3 is 0 Å². The van der Waals surface area contributed by atoms with Crippen LogP contribution in [-0.4, -0.2) is 18.0 Å². The van der Waals surface area contributed by atoms with Crippen molar-refractivity contribution in [3.63, 3.8) is 0 Å². The lowest BCUT2D eigenvalue weighted by molar-refractivity contribution is 0.616. The van der Waals surface area contributed by atoms with E-state index < -0.39 is 10.9 Å². The second-order valence-corrected chi connectivity index (χ2v) is 4.51. The first kappa shape index (κ1) is 15.4. The number of rotatable bonds is 2. The largest absolute Gasteiger partial charge is 0.331 e. The number of thiol groups is 1. The molecule has 4 N–H and O–H groups in total. The molecule has 0 amide bonds. The van der Waals surface area contributed by atoms with Gasteiger partial charge in [0.2, 0.25) is 0 Å². The van der Waals surface area contributed by atoms with E-state index in [4.69, 9.17) is 14.2 Å². The predicted molar refractivity (Wildman–Crippen MR) is 75.8 cm³/mol. The van der Waals surface area contributed by atoms with Crippen molar-refractivity contribution < 1.29 is 8.42 Å². The summed E-state index contributed by atoms with van der Waals surface area (Å²) in [6.07, 6.45) is 1.90. The van der Waals surface area contributed by atoms with E-state index in [0.29, 0.717) is 6.54 Å². The number of hydrogen-bond donors (Lipinski definition) is 3. The van der Waals surface area contributed by atoms with Crippen LogP contribution in [0.2, 0.25) is 0 Å². The second-order valence-electron chi connectivity index (χ2n) is 3.94. The summed E-state index contributed by atoms with van der Waals surface area (Å²) in [7, 11) is -0.598. The Kier molecular flexibility index (Phi) is 5.68. The Labute approximate surface area is 114 Å². The van der Waals surface area contributed by atoms with Crippen LogP contribution in [0, 0.1) is 6.92 Å². The van der Waals surface area contributed by atoms with Gasteiger partial charge in [-0.3, -0.25) is 0 Å². The molecule has 7 heteroatoms. The summed E-state index contributed by atoms with van der Waals surface area (Å²) in [6.45, 7) is 2.59. The van der Waals surface area contributed by atoms with Gasteiger partial charge < -0.3 is 10.3 Å². The molecule has 1 aromatic carbocycles. The van der Waals surface area contributed by atoms with Gasteiger partial charge in [-0.15, -0.1) is 0 Å². The first-order valence-corrected chi connectivity index (χ1v) is 6.87. The fourth-order valence-electron chi connectivity index (χ4n) is 1.58. The molecule has 104 valence electrons. The zero-order valence-corrected chi connectivity index (χ0v) is 11.8. The van der Waals surface area contributed by atoms with Gasteiger partial charge in [-0.2, -0.15) is 0 Å². The maximum absolute atomic E-state index is 8.81. The van der Waals surface area contributed by atoms with E-state index in [9.17, 15) is 0 Å². The average molecular weight is 282 g/mol. The molecule has 1 aromatic heterocycles. The summed E-state index contributed by atoms with van der Waals surface area (Å²) in [5.74, 6) is 1.02. The number of hydrogen-bond acceptors (Lipinski definition) is 4. The third-order valence-corrected chi connectivity index (χ3v) is 2.71. The number of nitrogens with zero attached hydrogens (tertiary/aromatic N) is 2. The fourth-order valence-corrected chi connectivity index (χ4v) is 1.58. The highest BCUT2D eigenvalue weighted by atomic mass is 32.2. The maximum Gasteiger partial charge on any atom is 0.198 e. The first-order chi connectivity index (χ1) is 8.95. The van der Waals surface area contributed by atoms with E-state index in [1.807, 2.05) is 20.2 Å². The van der Waals surface area contributed by atoms with Gasteiger partial charge in [-0.1, -0.05) is 24.3 Å². The fraction of sp³-hybridized carbons (Fsp3) is 0.250. The molecule has 6 nitrogen and oxygen atoms in total. The van der Waals surface area contributed by atoms with Gasteiger partial charge in [-0.25, -0.2) is 18.5 Å². The van der Waals surface area contributed by atoms with Crippen LogP contribution in [0.1, 0.15) is 11.4 Å². The lowest BCUT2D eigenvalue weighted by Gasteiger charge is -2.04. The monoisotopic (exact) mass is 282 g/mol.